The van der Waals surface area contributed by atoms with Gasteiger partial charge in [0.15, 0.2) is 0 Å². The smallest absolute Gasteiger partial charge is 0.148 e. The molecule has 0 saturated heterocycles. The molecule has 0 radical (unpaired) electrons. The minimum Gasteiger partial charge on any atom is -0.507 e. The number of fused-ring (bicyclic) bond motifs is 1. The SMILES string of the molecule is [2H]C([2H])([2H])c1cc(-n2c(-c3cc(C)cc(C)c3O)nc3c(-c4[c-]c(-c5cc(-c6ccccc6)ccn5)cc(C(C)(C)C)c4)cccc32)c(-c2ccccc2)cc1-c1ccc(C(C)(C)C)cc1.[Pt]. The minimum absolute atomic E-state index is 0. The summed E-state index contributed by atoms with van der Waals surface area (Å²) in [4.78, 5) is 10.4. The maximum absolute atomic E-state index is 11.9. The summed E-state index contributed by atoms with van der Waals surface area (Å²) in [6.45, 7) is 14.5. The fraction of sp³-hybridized carbons (Fsp3) is 0.186. The number of nitrogens with zero attached hydrogens (tertiary/aromatic N) is 3. The van der Waals surface area contributed by atoms with E-state index in [0.717, 1.165) is 72.4 Å². The normalized spacial score (nSPS) is 12.7. The summed E-state index contributed by atoms with van der Waals surface area (Å²) in [7, 11) is 0. The molecule has 0 spiro atoms. The molecule has 4 nitrogen and oxygen atoms in total. The van der Waals surface area contributed by atoms with Crippen LogP contribution in [0.4, 0.5) is 0 Å². The molecule has 0 unspecified atom stereocenters. The Labute approximate surface area is 397 Å². The van der Waals surface area contributed by atoms with E-state index in [1.165, 1.54) is 0 Å². The van der Waals surface area contributed by atoms with Crippen LogP contribution in [0.15, 0.2) is 158 Å². The Balaban J connectivity index is 0.00000608. The van der Waals surface area contributed by atoms with Crippen molar-refractivity contribution in [2.45, 2.75) is 73.1 Å². The van der Waals surface area contributed by atoms with Gasteiger partial charge in [-0.3, -0.25) is 9.55 Å². The number of hydrogen-bond acceptors (Lipinski definition) is 3. The Bertz CT molecular complexity index is 3270. The van der Waals surface area contributed by atoms with E-state index in [0.29, 0.717) is 33.7 Å². The summed E-state index contributed by atoms with van der Waals surface area (Å²) in [5, 5.41) is 11.9. The molecule has 1 N–H and O–H groups in total. The first-order chi connectivity index (χ1) is 31.3. The van der Waals surface area contributed by atoms with Crippen LogP contribution >= 0.6 is 0 Å². The van der Waals surface area contributed by atoms with Crippen LogP contribution in [-0.4, -0.2) is 19.6 Å². The third kappa shape index (κ3) is 8.52. The Kier molecular flexibility index (Phi) is 10.9. The predicted octanol–water partition coefficient (Wildman–Crippen LogP) is 15.4. The summed E-state index contributed by atoms with van der Waals surface area (Å²) in [6.07, 6.45) is 1.85. The van der Waals surface area contributed by atoms with Gasteiger partial charge in [-0.05, 0) is 112 Å². The number of rotatable bonds is 7. The maximum Gasteiger partial charge on any atom is 0.148 e. The van der Waals surface area contributed by atoms with Gasteiger partial charge in [0.25, 0.3) is 0 Å². The molecule has 2 aromatic heterocycles. The molecule has 64 heavy (non-hydrogen) atoms. The molecule has 0 amide bonds. The topological polar surface area (TPSA) is 50.9 Å². The summed E-state index contributed by atoms with van der Waals surface area (Å²) >= 11 is 0. The number of phenols is 1. The summed E-state index contributed by atoms with van der Waals surface area (Å²) in [6, 6.07) is 54.7. The van der Waals surface area contributed by atoms with Crippen molar-refractivity contribution in [3.05, 3.63) is 192 Å². The molecule has 5 heteroatoms. The molecule has 322 valence electrons. The van der Waals surface area contributed by atoms with Crippen LogP contribution in [0, 0.1) is 26.8 Å². The number of aromatic nitrogens is 3. The monoisotopic (exact) mass is 1020 g/mol. The molecular weight excluding hydrogens is 962 g/mol. The van der Waals surface area contributed by atoms with E-state index in [-0.39, 0.29) is 43.2 Å². The van der Waals surface area contributed by atoms with Crippen molar-refractivity contribution >= 4 is 11.0 Å². The molecule has 0 aliphatic heterocycles. The van der Waals surface area contributed by atoms with Gasteiger partial charge in [-0.1, -0.05) is 162 Å². The van der Waals surface area contributed by atoms with Crippen molar-refractivity contribution in [1.29, 1.82) is 0 Å². The fourth-order valence-electron chi connectivity index (χ4n) is 8.56. The largest absolute Gasteiger partial charge is 0.507 e. The van der Waals surface area contributed by atoms with Gasteiger partial charge in [-0.2, -0.15) is 0 Å². The van der Waals surface area contributed by atoms with Gasteiger partial charge in [-0.25, -0.2) is 4.98 Å². The number of aryl methyl sites for hydroxylation is 3. The van der Waals surface area contributed by atoms with E-state index in [4.69, 9.17) is 14.1 Å². The van der Waals surface area contributed by atoms with E-state index >= 15 is 0 Å². The van der Waals surface area contributed by atoms with Gasteiger partial charge in [-0.15, -0.1) is 29.3 Å². The van der Waals surface area contributed by atoms with Crippen LogP contribution in [0.1, 0.15) is 73.5 Å². The van der Waals surface area contributed by atoms with Gasteiger partial charge in [0.1, 0.15) is 11.6 Å². The van der Waals surface area contributed by atoms with E-state index in [1.807, 2.05) is 128 Å². The molecule has 0 aliphatic carbocycles. The summed E-state index contributed by atoms with van der Waals surface area (Å²) < 4.78 is 29.0. The Hall–Kier alpha value is -6.35. The van der Waals surface area contributed by atoms with E-state index < -0.39 is 6.85 Å². The molecule has 0 aliphatic rings. The summed E-state index contributed by atoms with van der Waals surface area (Å²) in [5.74, 6) is 0.599. The van der Waals surface area contributed by atoms with Crippen LogP contribution in [0.25, 0.3) is 83.9 Å². The second-order valence-corrected chi connectivity index (χ2v) is 18.8. The third-order valence-electron chi connectivity index (χ3n) is 12.1. The molecule has 0 bridgehead atoms. The molecule has 9 aromatic rings. The molecule has 0 atom stereocenters. The third-order valence-corrected chi connectivity index (χ3v) is 12.1. The number of hydrogen-bond donors (Lipinski definition) is 1. The van der Waals surface area contributed by atoms with Crippen LogP contribution in [0.2, 0.25) is 0 Å². The van der Waals surface area contributed by atoms with Gasteiger partial charge in [0.2, 0.25) is 0 Å². The van der Waals surface area contributed by atoms with Crippen LogP contribution in [0.3, 0.4) is 0 Å². The van der Waals surface area contributed by atoms with E-state index in [9.17, 15) is 5.11 Å². The molecule has 0 fully saturated rings. The van der Waals surface area contributed by atoms with Gasteiger partial charge in [0.05, 0.1) is 22.3 Å². The zero-order valence-electron chi connectivity index (χ0n) is 40.6. The van der Waals surface area contributed by atoms with Crippen molar-refractivity contribution < 1.29 is 30.3 Å². The molecule has 7 aromatic carbocycles. The molecule has 9 rings (SSSR count). The second kappa shape index (κ2) is 17.3. The number of para-hydroxylation sites is 1. The van der Waals surface area contributed by atoms with E-state index in [2.05, 4.69) is 96.1 Å². The van der Waals surface area contributed by atoms with Crippen molar-refractivity contribution in [2.24, 2.45) is 0 Å². The minimum atomic E-state index is -2.48. The Morgan fingerprint density at radius 2 is 1.22 bits per heavy atom. The zero-order chi connectivity index (χ0) is 46.7. The van der Waals surface area contributed by atoms with Crippen LogP contribution < -0.4 is 0 Å². The first kappa shape index (κ1) is 40.4. The number of aromatic hydroxyl groups is 1. The first-order valence-corrected chi connectivity index (χ1v) is 21.6. The number of imidazole rings is 1. The average Bonchev–Trinajstić information content (AvgIpc) is 3.69. The van der Waals surface area contributed by atoms with Crippen molar-refractivity contribution in [1.82, 2.24) is 14.5 Å². The van der Waals surface area contributed by atoms with Gasteiger partial charge in [0, 0.05) is 42.6 Å². The van der Waals surface area contributed by atoms with Gasteiger partial charge < -0.3 is 5.11 Å². The molecule has 0 saturated carbocycles. The number of benzene rings is 7. The quantitative estimate of drug-likeness (QED) is 0.162. The molecule has 2 heterocycles. The van der Waals surface area contributed by atoms with E-state index in [1.54, 1.807) is 0 Å². The molecular formula is C59H54N3OPt-. The van der Waals surface area contributed by atoms with Gasteiger partial charge >= 0.3 is 0 Å². The predicted molar refractivity (Wildman–Crippen MR) is 264 cm³/mol. The fourth-order valence-corrected chi connectivity index (χ4v) is 8.56. The number of pyridine rings is 1. The second-order valence-electron chi connectivity index (χ2n) is 18.8. The number of phenolic OH excluding ortho intramolecular Hbond substituents is 1. The standard InChI is InChI=1S/C59H54N3O.Pt/c1-37-29-39(3)56(63)51(30-37)57-61-55-48(44-32-45(34-47(33-44)59(7,8)9)52-35-43(27-28-60-52)40-17-12-10-13-18-40)21-16-22-53(55)62(57)54-31-38(2)49(36-50(54)41-19-14-11-15-20-41)42-23-25-46(26-24-42)58(4,5)6;/h10-31,33-36,63H,1-9H3;/q-1;/i2D3;. The summed E-state index contributed by atoms with van der Waals surface area (Å²) in [5.41, 5.74) is 15.2. The Morgan fingerprint density at radius 3 is 1.89 bits per heavy atom. The Morgan fingerprint density at radius 1 is 0.562 bits per heavy atom. The van der Waals surface area contributed by atoms with Crippen molar-refractivity contribution in [3.8, 4) is 78.6 Å². The maximum atomic E-state index is 11.9. The zero-order valence-corrected chi connectivity index (χ0v) is 39.9. The van der Waals surface area contributed by atoms with Crippen molar-refractivity contribution in [2.75, 3.05) is 0 Å². The first-order valence-electron chi connectivity index (χ1n) is 23.1. The van der Waals surface area contributed by atoms with Crippen molar-refractivity contribution in [3.63, 3.8) is 0 Å². The average molecular weight is 1020 g/mol. The van der Waals surface area contributed by atoms with Crippen LogP contribution in [0.5, 0.6) is 5.75 Å². The van der Waals surface area contributed by atoms with Crippen LogP contribution in [-0.2, 0) is 31.9 Å².